The molecule has 0 radical (unpaired) electrons. The van der Waals surface area contributed by atoms with Crippen molar-refractivity contribution < 1.29 is 14.6 Å². The van der Waals surface area contributed by atoms with Gasteiger partial charge in [-0.1, -0.05) is 12.1 Å². The molecule has 2 heterocycles. The van der Waals surface area contributed by atoms with Crippen molar-refractivity contribution >= 4 is 0 Å². The fraction of sp³-hybridized carbons (Fsp3) is 0.556. The van der Waals surface area contributed by atoms with Crippen molar-refractivity contribution in [3.63, 3.8) is 0 Å². The summed E-state index contributed by atoms with van der Waals surface area (Å²) in [6.45, 7) is 1.05. The number of likely N-dealkylation sites (N-methyl/N-ethyl adjacent to an activating group) is 1. The van der Waals surface area contributed by atoms with Gasteiger partial charge in [-0.2, -0.15) is 0 Å². The molecule has 1 fully saturated rings. The van der Waals surface area contributed by atoms with E-state index >= 15 is 0 Å². The monoisotopic (exact) mass is 299 g/mol. The van der Waals surface area contributed by atoms with E-state index in [-0.39, 0.29) is 17.4 Å². The number of likely N-dealkylation sites (tertiary alicyclic amines) is 1. The number of hydrogen-bond donors (Lipinski definition) is 1. The van der Waals surface area contributed by atoms with Gasteiger partial charge in [0.2, 0.25) is 0 Å². The number of piperidine rings is 1. The summed E-state index contributed by atoms with van der Waals surface area (Å²) in [7, 11) is 3.88. The van der Waals surface area contributed by atoms with Crippen LogP contribution < -0.4 is 9.47 Å². The quantitative estimate of drug-likeness (QED) is 0.798. The van der Waals surface area contributed by atoms with E-state index in [9.17, 15) is 5.11 Å². The van der Waals surface area contributed by atoms with Gasteiger partial charge in [-0.25, -0.2) is 0 Å². The second-order valence-electron chi connectivity index (χ2n) is 7.11. The molecule has 0 amide bonds. The Bertz CT molecular complexity index is 685. The van der Waals surface area contributed by atoms with E-state index in [0.29, 0.717) is 6.04 Å². The van der Waals surface area contributed by atoms with E-state index in [1.807, 2.05) is 12.1 Å². The molecule has 4 nitrogen and oxygen atoms in total. The molecule has 2 bridgehead atoms. The average Bonchev–Trinajstić information content (AvgIpc) is 2.86. The van der Waals surface area contributed by atoms with Crippen molar-refractivity contribution in [3.8, 4) is 11.5 Å². The Labute approximate surface area is 130 Å². The molecule has 5 atom stereocenters. The van der Waals surface area contributed by atoms with Gasteiger partial charge in [-0.15, -0.1) is 0 Å². The zero-order valence-electron chi connectivity index (χ0n) is 13.0. The van der Waals surface area contributed by atoms with Crippen molar-refractivity contribution in [2.45, 2.75) is 36.5 Å². The molecule has 4 heteroatoms. The smallest absolute Gasteiger partial charge is 0.166 e. The molecule has 5 rings (SSSR count). The third kappa shape index (κ3) is 1.28. The molecule has 2 aliphatic carbocycles. The maximum absolute atomic E-state index is 10.7. The summed E-state index contributed by atoms with van der Waals surface area (Å²) in [4.78, 5) is 2.42. The first-order valence-corrected chi connectivity index (χ1v) is 8.10. The SMILES string of the molecule is COc1ccc2c3c1OC1C=CC(O)C4C(C2)N(C)CCC314. The third-order valence-corrected chi connectivity index (χ3v) is 6.38. The van der Waals surface area contributed by atoms with Crippen LogP contribution in [0.25, 0.3) is 0 Å². The lowest BCUT2D eigenvalue weighted by Crippen LogP contribution is -2.65. The number of ether oxygens (including phenoxy) is 2. The Morgan fingerprint density at radius 2 is 2.23 bits per heavy atom. The van der Waals surface area contributed by atoms with Crippen LogP contribution in [0.3, 0.4) is 0 Å². The van der Waals surface area contributed by atoms with Crippen LogP contribution in [0.2, 0.25) is 0 Å². The molecule has 2 aliphatic heterocycles. The van der Waals surface area contributed by atoms with Crippen molar-refractivity contribution in [1.29, 1.82) is 0 Å². The molecule has 116 valence electrons. The van der Waals surface area contributed by atoms with Crippen LogP contribution in [-0.2, 0) is 11.8 Å². The first kappa shape index (κ1) is 13.0. The Balaban J connectivity index is 1.83. The fourth-order valence-corrected chi connectivity index (χ4v) is 5.46. The highest BCUT2D eigenvalue weighted by Crippen LogP contribution is 2.62. The molecule has 1 N–H and O–H groups in total. The first-order chi connectivity index (χ1) is 10.7. The summed E-state index contributed by atoms with van der Waals surface area (Å²) < 4.78 is 11.9. The molecule has 0 aromatic heterocycles. The van der Waals surface area contributed by atoms with Crippen LogP contribution in [-0.4, -0.2) is 49.0 Å². The van der Waals surface area contributed by atoms with Gasteiger partial charge < -0.3 is 19.5 Å². The summed E-state index contributed by atoms with van der Waals surface area (Å²) in [5.41, 5.74) is 2.60. The number of benzene rings is 1. The lowest BCUT2D eigenvalue weighted by atomic mass is 9.52. The highest BCUT2D eigenvalue weighted by molar-refractivity contribution is 5.62. The zero-order chi connectivity index (χ0) is 15.1. The summed E-state index contributed by atoms with van der Waals surface area (Å²) in [6.07, 6.45) is 5.65. The minimum absolute atomic E-state index is 0.0300. The zero-order valence-corrected chi connectivity index (χ0v) is 13.0. The van der Waals surface area contributed by atoms with Gasteiger partial charge in [0.25, 0.3) is 0 Å². The van der Waals surface area contributed by atoms with Crippen LogP contribution in [0.5, 0.6) is 11.5 Å². The summed E-state index contributed by atoms with van der Waals surface area (Å²) in [5, 5.41) is 10.7. The van der Waals surface area contributed by atoms with Crippen molar-refractivity contribution in [1.82, 2.24) is 4.90 Å². The first-order valence-electron chi connectivity index (χ1n) is 8.10. The second kappa shape index (κ2) is 4.06. The summed E-state index contributed by atoms with van der Waals surface area (Å²) >= 11 is 0. The number of hydrogen-bond acceptors (Lipinski definition) is 4. The average molecular weight is 299 g/mol. The molecule has 1 aromatic carbocycles. The standard InChI is InChI=1S/C18H21NO3/c1-19-8-7-18-14-6-4-12(20)16(18)11(19)9-10-3-5-13(21-2)17(22-14)15(10)18/h3-6,11-12,14,16,20H,7-9H2,1-2H3. The Kier molecular flexibility index (Phi) is 2.39. The van der Waals surface area contributed by atoms with Gasteiger partial charge in [0.15, 0.2) is 11.5 Å². The molecule has 1 saturated heterocycles. The van der Waals surface area contributed by atoms with Crippen molar-refractivity contribution in [3.05, 3.63) is 35.4 Å². The van der Waals surface area contributed by atoms with E-state index in [4.69, 9.17) is 9.47 Å². The van der Waals surface area contributed by atoms with Crippen LogP contribution in [0.1, 0.15) is 17.5 Å². The van der Waals surface area contributed by atoms with E-state index in [1.54, 1.807) is 7.11 Å². The number of nitrogens with zero attached hydrogens (tertiary/aromatic N) is 1. The molecule has 1 aromatic rings. The van der Waals surface area contributed by atoms with Gasteiger partial charge >= 0.3 is 0 Å². The van der Waals surface area contributed by atoms with Crippen LogP contribution in [0.15, 0.2) is 24.3 Å². The van der Waals surface area contributed by atoms with Gasteiger partial charge in [0, 0.05) is 22.9 Å². The number of rotatable bonds is 1. The van der Waals surface area contributed by atoms with Crippen LogP contribution in [0.4, 0.5) is 0 Å². The van der Waals surface area contributed by atoms with Gasteiger partial charge in [0.1, 0.15) is 6.10 Å². The molecular formula is C18H21NO3. The summed E-state index contributed by atoms with van der Waals surface area (Å²) in [5.74, 6) is 1.94. The molecule has 22 heavy (non-hydrogen) atoms. The van der Waals surface area contributed by atoms with Gasteiger partial charge in [-0.3, -0.25) is 0 Å². The number of aliphatic hydroxyl groups excluding tert-OH is 1. The number of methoxy groups -OCH3 is 1. The van der Waals surface area contributed by atoms with Crippen molar-refractivity contribution in [2.75, 3.05) is 20.7 Å². The maximum Gasteiger partial charge on any atom is 0.166 e. The Morgan fingerprint density at radius 1 is 1.36 bits per heavy atom. The van der Waals surface area contributed by atoms with E-state index < -0.39 is 6.10 Å². The highest BCUT2D eigenvalue weighted by Gasteiger charge is 2.64. The lowest BCUT2D eigenvalue weighted by Gasteiger charge is -2.57. The minimum Gasteiger partial charge on any atom is -0.493 e. The number of aliphatic hydroxyl groups is 1. The van der Waals surface area contributed by atoms with E-state index in [0.717, 1.165) is 30.9 Å². The Hall–Kier alpha value is -1.52. The highest BCUT2D eigenvalue weighted by atomic mass is 16.5. The molecule has 5 unspecified atom stereocenters. The second-order valence-corrected chi connectivity index (χ2v) is 7.11. The predicted octanol–water partition coefficient (Wildman–Crippen LogP) is 1.50. The van der Waals surface area contributed by atoms with Crippen LogP contribution in [0, 0.1) is 5.92 Å². The van der Waals surface area contributed by atoms with E-state index in [2.05, 4.69) is 24.1 Å². The Morgan fingerprint density at radius 3 is 3.05 bits per heavy atom. The minimum atomic E-state index is -0.391. The van der Waals surface area contributed by atoms with Crippen LogP contribution >= 0.6 is 0 Å². The molecule has 0 saturated carbocycles. The third-order valence-electron chi connectivity index (χ3n) is 6.38. The predicted molar refractivity (Wildman–Crippen MR) is 82.5 cm³/mol. The topological polar surface area (TPSA) is 41.9 Å². The normalized spacial score (nSPS) is 41.0. The van der Waals surface area contributed by atoms with Crippen molar-refractivity contribution in [2.24, 2.45) is 5.92 Å². The molecule has 4 aliphatic rings. The summed E-state index contributed by atoms with van der Waals surface area (Å²) in [6, 6.07) is 4.60. The fourth-order valence-electron chi connectivity index (χ4n) is 5.46. The molecule has 1 spiro atoms. The van der Waals surface area contributed by atoms with Gasteiger partial charge in [-0.05, 0) is 44.1 Å². The molecular weight excluding hydrogens is 278 g/mol. The van der Waals surface area contributed by atoms with Gasteiger partial charge in [0.05, 0.1) is 13.2 Å². The van der Waals surface area contributed by atoms with E-state index in [1.165, 1.54) is 11.1 Å². The lowest BCUT2D eigenvalue weighted by molar-refractivity contribution is -0.0575. The largest absolute Gasteiger partial charge is 0.493 e. The maximum atomic E-state index is 10.7.